The van der Waals surface area contributed by atoms with E-state index < -0.39 is 0 Å². The highest BCUT2D eigenvalue weighted by atomic mass is 32.1. The van der Waals surface area contributed by atoms with Crippen LogP contribution in [0.4, 0.5) is 5.69 Å². The molecule has 4 nitrogen and oxygen atoms in total. The number of nitrogens with zero attached hydrogens (tertiary/aromatic N) is 1. The van der Waals surface area contributed by atoms with Crippen molar-refractivity contribution in [2.75, 3.05) is 5.32 Å². The monoisotopic (exact) mass is 311 g/mol. The molecule has 2 N–H and O–H groups in total. The Balaban J connectivity index is 1.84. The van der Waals surface area contributed by atoms with Gasteiger partial charge in [-0.1, -0.05) is 54.7 Å². The van der Waals surface area contributed by atoms with Crippen LogP contribution >= 0.6 is 12.2 Å². The summed E-state index contributed by atoms with van der Waals surface area (Å²) in [5.74, 6) is -0.0886. The second kappa shape index (κ2) is 8.05. The van der Waals surface area contributed by atoms with Crippen molar-refractivity contribution in [2.45, 2.75) is 13.3 Å². The number of nitrogens with one attached hydrogen (secondary N) is 2. The molecule has 0 atom stereocenters. The summed E-state index contributed by atoms with van der Waals surface area (Å²) < 4.78 is 0. The Kier molecular flexibility index (Phi) is 5.80. The van der Waals surface area contributed by atoms with E-state index in [9.17, 15) is 4.79 Å². The molecule has 0 aliphatic rings. The van der Waals surface area contributed by atoms with Crippen molar-refractivity contribution in [3.05, 3.63) is 65.7 Å². The summed E-state index contributed by atoms with van der Waals surface area (Å²) in [6.07, 6.45) is 2.35. The standard InChI is InChI=1S/C17H17N3OS/c1-13(21)19-16-9-7-15(8-10-16)12-18-20-17(22)11-14-5-3-2-4-6-14/h2-10,12H,11H2,1H3,(H,19,21)(H,20,22)/b18-12+. The summed E-state index contributed by atoms with van der Waals surface area (Å²) in [4.78, 5) is 11.6. The molecule has 1 amide bonds. The zero-order chi connectivity index (χ0) is 15.8. The van der Waals surface area contributed by atoms with Gasteiger partial charge in [0.15, 0.2) is 0 Å². The highest BCUT2D eigenvalue weighted by molar-refractivity contribution is 7.80. The molecule has 0 radical (unpaired) electrons. The van der Waals surface area contributed by atoms with E-state index in [-0.39, 0.29) is 5.91 Å². The van der Waals surface area contributed by atoms with E-state index in [1.54, 1.807) is 6.21 Å². The Bertz CT molecular complexity index is 666. The number of benzene rings is 2. The van der Waals surface area contributed by atoms with Crippen LogP contribution in [0.25, 0.3) is 0 Å². The molecule has 0 fully saturated rings. The van der Waals surface area contributed by atoms with Gasteiger partial charge in [0, 0.05) is 19.0 Å². The zero-order valence-electron chi connectivity index (χ0n) is 12.2. The molecular weight excluding hydrogens is 294 g/mol. The molecule has 0 aromatic heterocycles. The molecule has 22 heavy (non-hydrogen) atoms. The number of carbonyl (C=O) groups excluding carboxylic acids is 1. The third kappa shape index (κ3) is 5.46. The third-order valence-corrected chi connectivity index (χ3v) is 3.08. The zero-order valence-corrected chi connectivity index (χ0v) is 13.1. The predicted octanol–water partition coefficient (Wildman–Crippen LogP) is 3.14. The molecule has 2 aromatic rings. The van der Waals surface area contributed by atoms with E-state index in [1.165, 1.54) is 6.92 Å². The molecule has 0 saturated carbocycles. The molecule has 0 saturated heterocycles. The minimum atomic E-state index is -0.0886. The van der Waals surface area contributed by atoms with Crippen molar-refractivity contribution < 1.29 is 4.79 Å². The number of hydrogen-bond donors (Lipinski definition) is 2. The summed E-state index contributed by atoms with van der Waals surface area (Å²) in [7, 11) is 0. The Morgan fingerprint density at radius 2 is 1.82 bits per heavy atom. The van der Waals surface area contributed by atoms with Gasteiger partial charge in [-0.25, -0.2) is 0 Å². The largest absolute Gasteiger partial charge is 0.326 e. The van der Waals surface area contributed by atoms with Gasteiger partial charge in [-0.3, -0.25) is 10.2 Å². The van der Waals surface area contributed by atoms with Crippen molar-refractivity contribution in [1.29, 1.82) is 0 Å². The third-order valence-electron chi connectivity index (χ3n) is 2.84. The molecule has 0 heterocycles. The van der Waals surface area contributed by atoms with Gasteiger partial charge in [-0.15, -0.1) is 0 Å². The second-order valence-corrected chi connectivity index (χ2v) is 5.25. The molecular formula is C17H17N3OS. The number of thiocarbonyl (C=S) groups is 1. The Morgan fingerprint density at radius 1 is 1.14 bits per heavy atom. The first kappa shape index (κ1) is 15.9. The first-order valence-electron chi connectivity index (χ1n) is 6.87. The van der Waals surface area contributed by atoms with Crippen LogP contribution in [0.15, 0.2) is 59.7 Å². The Labute approximate surface area is 135 Å². The summed E-state index contributed by atoms with van der Waals surface area (Å²) >= 11 is 5.25. The van der Waals surface area contributed by atoms with Crippen molar-refractivity contribution >= 4 is 35.0 Å². The number of amides is 1. The van der Waals surface area contributed by atoms with Gasteiger partial charge in [0.05, 0.1) is 6.21 Å². The number of carbonyl (C=O) groups is 1. The normalized spacial score (nSPS) is 10.4. The SMILES string of the molecule is CC(=O)Nc1ccc(/C=N/NC(=S)Cc2ccccc2)cc1. The molecule has 5 heteroatoms. The lowest BCUT2D eigenvalue weighted by molar-refractivity contribution is -0.114. The molecule has 112 valence electrons. The first-order valence-corrected chi connectivity index (χ1v) is 7.28. The van der Waals surface area contributed by atoms with Gasteiger partial charge in [-0.05, 0) is 23.3 Å². The van der Waals surface area contributed by atoms with Crippen LogP contribution in [-0.2, 0) is 11.2 Å². The number of hydrogen-bond acceptors (Lipinski definition) is 3. The minimum absolute atomic E-state index is 0.0886. The maximum Gasteiger partial charge on any atom is 0.221 e. The van der Waals surface area contributed by atoms with Crippen LogP contribution in [0, 0.1) is 0 Å². The highest BCUT2D eigenvalue weighted by Crippen LogP contribution is 2.07. The van der Waals surface area contributed by atoms with Crippen molar-refractivity contribution in [1.82, 2.24) is 5.43 Å². The van der Waals surface area contributed by atoms with E-state index >= 15 is 0 Å². The highest BCUT2D eigenvalue weighted by Gasteiger charge is 1.97. The van der Waals surface area contributed by atoms with Crippen LogP contribution in [0.3, 0.4) is 0 Å². The quantitative estimate of drug-likeness (QED) is 0.507. The maximum atomic E-state index is 10.9. The molecule has 2 rings (SSSR count). The van der Waals surface area contributed by atoms with Crippen LogP contribution in [0.1, 0.15) is 18.1 Å². The molecule has 0 spiro atoms. The molecule has 0 unspecified atom stereocenters. The van der Waals surface area contributed by atoms with Crippen LogP contribution in [0.5, 0.6) is 0 Å². The van der Waals surface area contributed by atoms with Gasteiger partial charge in [0.25, 0.3) is 0 Å². The molecule has 0 bridgehead atoms. The fourth-order valence-corrected chi connectivity index (χ4v) is 2.07. The van der Waals surface area contributed by atoms with E-state index in [4.69, 9.17) is 12.2 Å². The fourth-order valence-electron chi connectivity index (χ4n) is 1.86. The summed E-state index contributed by atoms with van der Waals surface area (Å²) in [5, 5.41) is 6.84. The summed E-state index contributed by atoms with van der Waals surface area (Å²) in [6, 6.07) is 17.4. The van der Waals surface area contributed by atoms with Crippen LogP contribution in [0.2, 0.25) is 0 Å². The first-order chi connectivity index (χ1) is 10.6. The second-order valence-electron chi connectivity index (χ2n) is 4.76. The molecule has 0 aliphatic heterocycles. The summed E-state index contributed by atoms with van der Waals surface area (Å²) in [6.45, 7) is 1.48. The summed E-state index contributed by atoms with van der Waals surface area (Å²) in [5.41, 5.74) is 5.69. The van der Waals surface area contributed by atoms with E-state index in [1.807, 2.05) is 54.6 Å². The lowest BCUT2D eigenvalue weighted by Crippen LogP contribution is -2.17. The van der Waals surface area contributed by atoms with Gasteiger partial charge >= 0.3 is 0 Å². The molecule has 2 aromatic carbocycles. The van der Waals surface area contributed by atoms with Crippen LogP contribution < -0.4 is 10.7 Å². The Hall–Kier alpha value is -2.53. The van der Waals surface area contributed by atoms with E-state index in [2.05, 4.69) is 15.8 Å². The van der Waals surface area contributed by atoms with E-state index in [0.717, 1.165) is 16.8 Å². The molecule has 0 aliphatic carbocycles. The average molecular weight is 311 g/mol. The van der Waals surface area contributed by atoms with Gasteiger partial charge < -0.3 is 5.32 Å². The lowest BCUT2D eigenvalue weighted by atomic mass is 10.2. The number of hydrazone groups is 1. The number of rotatable bonds is 5. The average Bonchev–Trinajstić information content (AvgIpc) is 2.49. The topological polar surface area (TPSA) is 53.5 Å². The van der Waals surface area contributed by atoms with Gasteiger partial charge in [0.2, 0.25) is 5.91 Å². The van der Waals surface area contributed by atoms with Crippen LogP contribution in [-0.4, -0.2) is 17.1 Å². The smallest absolute Gasteiger partial charge is 0.221 e. The predicted molar refractivity (Wildman–Crippen MR) is 94.2 cm³/mol. The Morgan fingerprint density at radius 3 is 2.45 bits per heavy atom. The minimum Gasteiger partial charge on any atom is -0.326 e. The van der Waals surface area contributed by atoms with Gasteiger partial charge in [0.1, 0.15) is 4.99 Å². The fraction of sp³-hybridized carbons (Fsp3) is 0.118. The lowest BCUT2D eigenvalue weighted by Gasteiger charge is -2.03. The van der Waals surface area contributed by atoms with Crippen molar-refractivity contribution in [3.63, 3.8) is 0 Å². The maximum absolute atomic E-state index is 10.9. The van der Waals surface area contributed by atoms with Gasteiger partial charge in [-0.2, -0.15) is 5.10 Å². The van der Waals surface area contributed by atoms with Crippen molar-refractivity contribution in [3.8, 4) is 0 Å². The van der Waals surface area contributed by atoms with Crippen molar-refractivity contribution in [2.24, 2.45) is 5.10 Å². The van der Waals surface area contributed by atoms with E-state index in [0.29, 0.717) is 11.4 Å². The number of anilines is 1.